The molecule has 4 nitrogen and oxygen atoms in total. The summed E-state index contributed by atoms with van der Waals surface area (Å²) in [4.78, 5) is 14.7. The van der Waals surface area contributed by atoms with Gasteiger partial charge in [-0.1, -0.05) is 24.4 Å². The molecule has 1 fully saturated rings. The molecule has 6 heteroatoms. The molecule has 108 valence electrons. The van der Waals surface area contributed by atoms with E-state index in [0.717, 1.165) is 18.9 Å². The minimum Gasteiger partial charge on any atom is -0.493 e. The molecule has 1 aromatic rings. The number of halogens is 2. The van der Waals surface area contributed by atoms with Crippen LogP contribution in [0.25, 0.3) is 0 Å². The highest BCUT2D eigenvalue weighted by molar-refractivity contribution is 6.32. The fourth-order valence-electron chi connectivity index (χ4n) is 2.82. The SMILES string of the molecule is COc1cc(F)c(Cl)c(C2(N=C=O)CCCC2)c1OC. The van der Waals surface area contributed by atoms with Crippen molar-refractivity contribution in [2.24, 2.45) is 4.99 Å². The molecule has 0 bridgehead atoms. The molecule has 0 N–H and O–H groups in total. The van der Waals surface area contributed by atoms with Crippen molar-refractivity contribution in [3.63, 3.8) is 0 Å². The van der Waals surface area contributed by atoms with Crippen molar-refractivity contribution in [2.45, 2.75) is 31.2 Å². The van der Waals surface area contributed by atoms with E-state index in [4.69, 9.17) is 21.1 Å². The van der Waals surface area contributed by atoms with Crippen molar-refractivity contribution in [3.8, 4) is 11.5 Å². The van der Waals surface area contributed by atoms with E-state index in [1.54, 1.807) is 6.08 Å². The molecule has 1 aliphatic carbocycles. The van der Waals surface area contributed by atoms with Gasteiger partial charge in [-0.3, -0.25) is 0 Å². The minimum absolute atomic E-state index is 0.0800. The van der Waals surface area contributed by atoms with Crippen molar-refractivity contribution in [3.05, 3.63) is 22.5 Å². The van der Waals surface area contributed by atoms with Crippen LogP contribution in [0, 0.1) is 5.82 Å². The van der Waals surface area contributed by atoms with Gasteiger partial charge < -0.3 is 9.47 Å². The molecule has 0 heterocycles. The highest BCUT2D eigenvalue weighted by Crippen LogP contribution is 2.51. The van der Waals surface area contributed by atoms with Crippen molar-refractivity contribution >= 4 is 17.7 Å². The Labute approximate surface area is 121 Å². The van der Waals surface area contributed by atoms with E-state index in [2.05, 4.69) is 4.99 Å². The number of ether oxygens (including phenoxy) is 2. The molecule has 20 heavy (non-hydrogen) atoms. The average molecular weight is 300 g/mol. The lowest BCUT2D eigenvalue weighted by molar-refractivity contribution is 0.334. The van der Waals surface area contributed by atoms with E-state index in [1.165, 1.54) is 14.2 Å². The first-order valence-corrected chi connectivity index (χ1v) is 6.67. The van der Waals surface area contributed by atoms with Gasteiger partial charge in [0, 0.05) is 11.6 Å². The Morgan fingerprint density at radius 2 is 2.00 bits per heavy atom. The monoisotopic (exact) mass is 299 g/mol. The zero-order valence-corrected chi connectivity index (χ0v) is 12.1. The summed E-state index contributed by atoms with van der Waals surface area (Å²) in [6, 6.07) is 1.16. The van der Waals surface area contributed by atoms with Gasteiger partial charge in [-0.25, -0.2) is 9.18 Å². The summed E-state index contributed by atoms with van der Waals surface area (Å²) < 4.78 is 24.5. The van der Waals surface area contributed by atoms with Gasteiger partial charge in [0.05, 0.1) is 19.2 Å². The average Bonchev–Trinajstić information content (AvgIpc) is 2.90. The first-order chi connectivity index (χ1) is 9.59. The molecule has 1 saturated carbocycles. The largest absolute Gasteiger partial charge is 0.493 e. The summed E-state index contributed by atoms with van der Waals surface area (Å²) in [6.45, 7) is 0. The van der Waals surface area contributed by atoms with Crippen molar-refractivity contribution < 1.29 is 18.7 Å². The van der Waals surface area contributed by atoms with E-state index in [0.29, 0.717) is 24.2 Å². The van der Waals surface area contributed by atoms with Crippen molar-refractivity contribution in [1.82, 2.24) is 0 Å². The molecule has 0 saturated heterocycles. The van der Waals surface area contributed by atoms with E-state index < -0.39 is 11.4 Å². The lowest BCUT2D eigenvalue weighted by atomic mass is 9.87. The lowest BCUT2D eigenvalue weighted by Gasteiger charge is -2.27. The Balaban J connectivity index is 2.76. The van der Waals surface area contributed by atoms with Gasteiger partial charge in [-0.05, 0) is 12.8 Å². The fraction of sp³-hybridized carbons (Fsp3) is 0.500. The van der Waals surface area contributed by atoms with E-state index >= 15 is 0 Å². The standard InChI is InChI=1S/C14H15ClFNO3/c1-19-10-7-9(16)12(15)11(13(10)20-2)14(17-8-18)5-3-4-6-14/h7H,3-6H2,1-2H3. The topological polar surface area (TPSA) is 47.9 Å². The normalized spacial score (nSPS) is 16.6. The molecular formula is C14H15ClFNO3. The number of carbonyl (C=O) groups excluding carboxylic acids is 1. The first-order valence-electron chi connectivity index (χ1n) is 6.29. The van der Waals surface area contributed by atoms with Crippen molar-refractivity contribution in [2.75, 3.05) is 14.2 Å². The molecule has 0 atom stereocenters. The molecule has 2 rings (SSSR count). The van der Waals surface area contributed by atoms with Crippen LogP contribution in [0.15, 0.2) is 11.1 Å². The highest BCUT2D eigenvalue weighted by atomic mass is 35.5. The molecule has 0 unspecified atom stereocenters. The Bertz CT molecular complexity index is 564. The van der Waals surface area contributed by atoms with Gasteiger partial charge in [0.15, 0.2) is 11.5 Å². The maximum Gasteiger partial charge on any atom is 0.235 e. The third-order valence-corrected chi connectivity index (χ3v) is 4.09. The van der Waals surface area contributed by atoms with E-state index in [9.17, 15) is 9.18 Å². The lowest BCUT2D eigenvalue weighted by Crippen LogP contribution is -2.21. The van der Waals surface area contributed by atoms with Crippen LogP contribution in [0.4, 0.5) is 4.39 Å². The van der Waals surface area contributed by atoms with E-state index in [-0.39, 0.29) is 10.8 Å². The van der Waals surface area contributed by atoms with Gasteiger partial charge in [0.25, 0.3) is 0 Å². The highest BCUT2D eigenvalue weighted by Gasteiger charge is 2.41. The summed E-state index contributed by atoms with van der Waals surface area (Å²) in [6.07, 6.45) is 4.54. The number of aliphatic imine (C=N–C) groups is 1. The summed E-state index contributed by atoms with van der Waals surface area (Å²) in [5, 5.41) is -0.0800. The Hall–Kier alpha value is -1.58. The fourth-order valence-corrected chi connectivity index (χ4v) is 3.14. The maximum atomic E-state index is 14.0. The van der Waals surface area contributed by atoms with Crippen LogP contribution in [0.3, 0.4) is 0 Å². The molecular weight excluding hydrogens is 285 g/mol. The third kappa shape index (κ3) is 2.28. The predicted octanol–water partition coefficient (Wildman–Crippen LogP) is 3.60. The Morgan fingerprint density at radius 1 is 1.35 bits per heavy atom. The number of methoxy groups -OCH3 is 2. The number of benzene rings is 1. The Morgan fingerprint density at radius 3 is 2.50 bits per heavy atom. The Kier molecular flexibility index (Phi) is 4.31. The third-order valence-electron chi connectivity index (χ3n) is 3.72. The molecule has 0 amide bonds. The molecule has 1 aromatic carbocycles. The van der Waals surface area contributed by atoms with Crippen LogP contribution in [0.1, 0.15) is 31.2 Å². The molecule has 0 aliphatic heterocycles. The molecule has 0 spiro atoms. The summed E-state index contributed by atoms with van der Waals surface area (Å²) >= 11 is 6.11. The van der Waals surface area contributed by atoms with Gasteiger partial charge in [-0.2, -0.15) is 4.99 Å². The van der Waals surface area contributed by atoms with Crippen LogP contribution < -0.4 is 9.47 Å². The summed E-state index contributed by atoms with van der Waals surface area (Å²) in [5.41, 5.74) is -0.501. The maximum absolute atomic E-state index is 14.0. The van der Waals surface area contributed by atoms with Crippen LogP contribution in [0.2, 0.25) is 5.02 Å². The van der Waals surface area contributed by atoms with Gasteiger partial charge in [0.2, 0.25) is 6.08 Å². The second-order valence-corrected chi connectivity index (χ2v) is 5.10. The zero-order chi connectivity index (χ0) is 14.8. The summed E-state index contributed by atoms with van der Waals surface area (Å²) in [7, 11) is 2.86. The minimum atomic E-state index is -0.875. The number of rotatable bonds is 4. The van der Waals surface area contributed by atoms with Crippen LogP contribution >= 0.6 is 11.6 Å². The molecule has 1 aliphatic rings. The molecule has 0 radical (unpaired) electrons. The number of isocyanates is 1. The number of nitrogens with zero attached hydrogens (tertiary/aromatic N) is 1. The van der Waals surface area contributed by atoms with Gasteiger partial charge in [0.1, 0.15) is 11.4 Å². The quantitative estimate of drug-likeness (QED) is 0.630. The summed E-state index contributed by atoms with van der Waals surface area (Å²) in [5.74, 6) is -0.0664. The number of hydrogen-bond acceptors (Lipinski definition) is 4. The van der Waals surface area contributed by atoms with Crippen molar-refractivity contribution in [1.29, 1.82) is 0 Å². The smallest absolute Gasteiger partial charge is 0.235 e. The van der Waals surface area contributed by atoms with Crippen LogP contribution in [-0.2, 0) is 10.3 Å². The van der Waals surface area contributed by atoms with Gasteiger partial charge >= 0.3 is 0 Å². The predicted molar refractivity (Wildman–Crippen MR) is 72.8 cm³/mol. The zero-order valence-electron chi connectivity index (χ0n) is 11.3. The second-order valence-electron chi connectivity index (χ2n) is 4.72. The number of hydrogen-bond donors (Lipinski definition) is 0. The van der Waals surface area contributed by atoms with Gasteiger partial charge in [-0.15, -0.1) is 0 Å². The molecule has 0 aromatic heterocycles. The van der Waals surface area contributed by atoms with E-state index in [1.807, 2.05) is 0 Å². The van der Waals surface area contributed by atoms with Crippen LogP contribution in [0.5, 0.6) is 11.5 Å². The second kappa shape index (κ2) is 5.81. The van der Waals surface area contributed by atoms with Crippen LogP contribution in [-0.4, -0.2) is 20.3 Å². The first kappa shape index (κ1) is 14.8.